The van der Waals surface area contributed by atoms with Crippen LogP contribution in [0.3, 0.4) is 0 Å². The Labute approximate surface area is 118 Å². The van der Waals surface area contributed by atoms with Crippen LogP contribution < -0.4 is 5.32 Å². The molecule has 3 rings (SSSR count). The van der Waals surface area contributed by atoms with E-state index in [0.29, 0.717) is 16.9 Å². The number of hydrogen-bond acceptors (Lipinski definition) is 3. The lowest BCUT2D eigenvalue weighted by atomic mass is 10.2. The smallest absolute Gasteiger partial charge is 0.181 e. The molecule has 1 saturated heterocycles. The van der Waals surface area contributed by atoms with E-state index in [4.69, 9.17) is 11.6 Å². The van der Waals surface area contributed by atoms with Gasteiger partial charge in [0.25, 0.3) is 0 Å². The molecule has 1 fully saturated rings. The lowest BCUT2D eigenvalue weighted by molar-refractivity contribution is 0.608. The lowest BCUT2D eigenvalue weighted by Gasteiger charge is -2.03. The molecule has 18 heavy (non-hydrogen) atoms. The first-order valence-corrected chi connectivity index (χ1v) is 7.01. The van der Waals surface area contributed by atoms with Crippen LogP contribution in [0.15, 0.2) is 22.7 Å². The summed E-state index contributed by atoms with van der Waals surface area (Å²) in [4.78, 5) is 4.54. The molecule has 1 aromatic carbocycles. The molecule has 0 amide bonds. The van der Waals surface area contributed by atoms with Crippen molar-refractivity contribution in [2.45, 2.75) is 18.9 Å². The van der Waals surface area contributed by atoms with Crippen LogP contribution in [0.5, 0.6) is 0 Å². The van der Waals surface area contributed by atoms with Gasteiger partial charge in [0, 0.05) is 15.1 Å². The van der Waals surface area contributed by atoms with Crippen molar-refractivity contribution in [3.8, 4) is 11.4 Å². The van der Waals surface area contributed by atoms with Crippen molar-refractivity contribution in [3.05, 3.63) is 33.5 Å². The first-order chi connectivity index (χ1) is 8.72. The quantitative estimate of drug-likeness (QED) is 0.890. The Hall–Kier alpha value is -0.910. The highest BCUT2D eigenvalue weighted by Gasteiger charge is 2.20. The maximum Gasteiger partial charge on any atom is 0.181 e. The average molecular weight is 328 g/mol. The number of nitrogens with one attached hydrogen (secondary N) is 2. The third kappa shape index (κ3) is 2.43. The molecule has 94 valence electrons. The van der Waals surface area contributed by atoms with Crippen molar-refractivity contribution >= 4 is 27.5 Å². The summed E-state index contributed by atoms with van der Waals surface area (Å²) in [7, 11) is 0. The van der Waals surface area contributed by atoms with Crippen molar-refractivity contribution in [2.75, 3.05) is 6.54 Å². The maximum absolute atomic E-state index is 6.03. The maximum atomic E-state index is 6.03. The number of hydrogen-bond donors (Lipinski definition) is 2. The van der Waals surface area contributed by atoms with Gasteiger partial charge < -0.3 is 5.32 Å². The molecule has 1 aromatic heterocycles. The zero-order valence-electron chi connectivity index (χ0n) is 9.58. The molecule has 0 aliphatic carbocycles. The van der Waals surface area contributed by atoms with Gasteiger partial charge >= 0.3 is 0 Å². The van der Waals surface area contributed by atoms with Crippen LogP contribution in [0.1, 0.15) is 24.7 Å². The molecule has 2 heterocycles. The van der Waals surface area contributed by atoms with Crippen LogP contribution >= 0.6 is 27.5 Å². The molecule has 1 aliphatic heterocycles. The minimum atomic E-state index is 0.300. The van der Waals surface area contributed by atoms with Crippen LogP contribution in [-0.4, -0.2) is 21.7 Å². The number of nitrogens with zero attached hydrogens (tertiary/aromatic N) is 2. The molecule has 1 unspecified atom stereocenters. The predicted octanol–water partition coefficient (Wildman–Crippen LogP) is 3.31. The number of rotatable bonds is 2. The first-order valence-electron chi connectivity index (χ1n) is 5.84. The van der Waals surface area contributed by atoms with Crippen molar-refractivity contribution in [1.82, 2.24) is 20.5 Å². The summed E-state index contributed by atoms with van der Waals surface area (Å²) in [5.41, 5.74) is 0.912. The molecule has 0 radical (unpaired) electrons. The van der Waals surface area contributed by atoms with Crippen molar-refractivity contribution in [2.24, 2.45) is 0 Å². The fraction of sp³-hybridized carbons (Fsp3) is 0.333. The molecule has 4 nitrogen and oxygen atoms in total. The first kappa shape index (κ1) is 12.1. The van der Waals surface area contributed by atoms with Crippen LogP contribution in [0.4, 0.5) is 0 Å². The van der Waals surface area contributed by atoms with E-state index in [-0.39, 0.29) is 0 Å². The summed E-state index contributed by atoms with van der Waals surface area (Å²) >= 11 is 9.45. The minimum absolute atomic E-state index is 0.300. The molecule has 0 saturated carbocycles. The molecular formula is C12H12BrClN4. The fourth-order valence-electron chi connectivity index (χ4n) is 2.16. The third-order valence-electron chi connectivity index (χ3n) is 3.01. The highest BCUT2D eigenvalue weighted by atomic mass is 79.9. The molecule has 2 N–H and O–H groups in total. The second-order valence-electron chi connectivity index (χ2n) is 4.35. The van der Waals surface area contributed by atoms with Gasteiger partial charge in [-0.2, -0.15) is 5.10 Å². The monoisotopic (exact) mass is 326 g/mol. The standard InChI is InChI=1S/C12H12BrClN4/c13-8-4-7(5-9(14)6-8)11-16-12(18-17-11)10-2-1-3-15-10/h4-6,10,15H,1-3H2,(H,16,17,18). The highest BCUT2D eigenvalue weighted by Crippen LogP contribution is 2.27. The van der Waals surface area contributed by atoms with Gasteiger partial charge in [-0.3, -0.25) is 5.10 Å². The summed E-state index contributed by atoms with van der Waals surface area (Å²) in [5, 5.41) is 11.3. The Morgan fingerprint density at radius 3 is 2.94 bits per heavy atom. The molecule has 0 bridgehead atoms. The summed E-state index contributed by atoms with van der Waals surface area (Å²) in [6.45, 7) is 1.05. The van der Waals surface area contributed by atoms with E-state index < -0.39 is 0 Å². The van der Waals surface area contributed by atoms with Crippen LogP contribution in [0.25, 0.3) is 11.4 Å². The second kappa shape index (κ2) is 4.99. The van der Waals surface area contributed by atoms with E-state index in [9.17, 15) is 0 Å². The Morgan fingerprint density at radius 1 is 1.33 bits per heavy atom. The molecular weight excluding hydrogens is 316 g/mol. The van der Waals surface area contributed by atoms with Crippen molar-refractivity contribution < 1.29 is 0 Å². The van der Waals surface area contributed by atoms with E-state index in [1.165, 1.54) is 6.42 Å². The summed E-state index contributed by atoms with van der Waals surface area (Å²) < 4.78 is 0.926. The van der Waals surface area contributed by atoms with Gasteiger partial charge in [0.15, 0.2) is 5.82 Å². The van der Waals surface area contributed by atoms with Gasteiger partial charge in [-0.15, -0.1) is 0 Å². The largest absolute Gasteiger partial charge is 0.307 e. The fourth-order valence-corrected chi connectivity index (χ4v) is 3.02. The predicted molar refractivity (Wildman–Crippen MR) is 74.5 cm³/mol. The van der Waals surface area contributed by atoms with Crippen molar-refractivity contribution in [3.63, 3.8) is 0 Å². The van der Waals surface area contributed by atoms with E-state index in [2.05, 4.69) is 36.4 Å². The molecule has 1 atom stereocenters. The summed E-state index contributed by atoms with van der Waals surface area (Å²) in [6.07, 6.45) is 2.29. The van der Waals surface area contributed by atoms with E-state index >= 15 is 0 Å². The molecule has 6 heteroatoms. The summed E-state index contributed by atoms with van der Waals surface area (Å²) in [6, 6.07) is 5.97. The van der Waals surface area contributed by atoms with Gasteiger partial charge in [0.1, 0.15) is 5.82 Å². The van der Waals surface area contributed by atoms with E-state index in [0.717, 1.165) is 28.8 Å². The van der Waals surface area contributed by atoms with Gasteiger partial charge in [-0.1, -0.05) is 27.5 Å². The lowest BCUT2D eigenvalue weighted by Crippen LogP contribution is -2.14. The van der Waals surface area contributed by atoms with Crippen LogP contribution in [0.2, 0.25) is 5.02 Å². The molecule has 0 spiro atoms. The highest BCUT2D eigenvalue weighted by molar-refractivity contribution is 9.10. The Kier molecular flexibility index (Phi) is 3.37. The topological polar surface area (TPSA) is 53.6 Å². The van der Waals surface area contributed by atoms with E-state index in [1.54, 1.807) is 0 Å². The molecule has 1 aliphatic rings. The third-order valence-corrected chi connectivity index (χ3v) is 3.69. The van der Waals surface area contributed by atoms with Gasteiger partial charge in [-0.05, 0) is 37.6 Å². The Bertz CT molecular complexity index is 543. The second-order valence-corrected chi connectivity index (χ2v) is 5.70. The average Bonchev–Trinajstić information content (AvgIpc) is 2.99. The number of aromatic nitrogens is 3. The molecule has 2 aromatic rings. The normalized spacial score (nSPS) is 19.3. The van der Waals surface area contributed by atoms with Gasteiger partial charge in [-0.25, -0.2) is 4.98 Å². The SMILES string of the molecule is Clc1cc(Br)cc(-c2n[nH]c(C3CCCN3)n2)c1. The Morgan fingerprint density at radius 2 is 2.22 bits per heavy atom. The van der Waals surface area contributed by atoms with E-state index in [1.807, 2.05) is 18.2 Å². The van der Waals surface area contributed by atoms with Crippen LogP contribution in [0, 0.1) is 0 Å². The number of H-pyrrole nitrogens is 1. The van der Waals surface area contributed by atoms with Crippen LogP contribution in [-0.2, 0) is 0 Å². The number of aromatic amines is 1. The zero-order valence-corrected chi connectivity index (χ0v) is 11.9. The van der Waals surface area contributed by atoms with Crippen molar-refractivity contribution in [1.29, 1.82) is 0 Å². The summed E-state index contributed by atoms with van der Waals surface area (Å²) in [5.74, 6) is 1.58. The van der Waals surface area contributed by atoms with Gasteiger partial charge in [0.05, 0.1) is 6.04 Å². The van der Waals surface area contributed by atoms with Gasteiger partial charge in [0.2, 0.25) is 0 Å². The Balaban J connectivity index is 1.92. The zero-order chi connectivity index (χ0) is 12.5. The number of benzene rings is 1. The minimum Gasteiger partial charge on any atom is -0.307 e. The number of halogens is 2.